The maximum atomic E-state index is 14.0. The van der Waals surface area contributed by atoms with Crippen LogP contribution < -0.4 is 10.6 Å². The summed E-state index contributed by atoms with van der Waals surface area (Å²) in [5.41, 5.74) is 2.04. The molecule has 0 radical (unpaired) electrons. The molecule has 0 bridgehead atoms. The third-order valence-electron chi connectivity index (χ3n) is 9.64. The highest BCUT2D eigenvalue weighted by molar-refractivity contribution is 6.38. The number of nitrogens with one attached hydrogen (secondary N) is 2. The number of likely N-dealkylation sites (tertiary alicyclic amines) is 2. The van der Waals surface area contributed by atoms with E-state index in [4.69, 9.17) is 0 Å². The van der Waals surface area contributed by atoms with E-state index in [1.807, 2.05) is 38.1 Å². The summed E-state index contributed by atoms with van der Waals surface area (Å²) in [6.07, 6.45) is 5.51. The summed E-state index contributed by atoms with van der Waals surface area (Å²) in [6, 6.07) is 5.14. The molecule has 5 rings (SSSR count). The van der Waals surface area contributed by atoms with E-state index in [2.05, 4.69) is 15.5 Å². The van der Waals surface area contributed by atoms with E-state index in [0.29, 0.717) is 19.3 Å². The first-order valence-electron chi connectivity index (χ1n) is 15.9. The predicted octanol–water partition coefficient (Wildman–Crippen LogP) is 2.32. The summed E-state index contributed by atoms with van der Waals surface area (Å²) >= 11 is 0. The molecule has 11 heteroatoms. The van der Waals surface area contributed by atoms with Gasteiger partial charge in [-0.2, -0.15) is 0 Å². The van der Waals surface area contributed by atoms with Gasteiger partial charge >= 0.3 is 6.09 Å². The molecule has 3 heterocycles. The fourth-order valence-electron chi connectivity index (χ4n) is 6.99. The summed E-state index contributed by atoms with van der Waals surface area (Å²) in [4.78, 5) is 71.1. The zero-order valence-corrected chi connectivity index (χ0v) is 25.3. The molecule has 234 valence electrons. The minimum Gasteiger partial charge on any atom is -0.465 e. The van der Waals surface area contributed by atoms with Crippen LogP contribution >= 0.6 is 0 Å². The fraction of sp³-hybridized carbons (Fsp3) is 0.656. The van der Waals surface area contributed by atoms with Gasteiger partial charge in [0.15, 0.2) is 0 Å². The third kappa shape index (κ3) is 7.03. The molecule has 1 saturated carbocycles. The van der Waals surface area contributed by atoms with Crippen LogP contribution in [0.1, 0.15) is 76.3 Å². The highest BCUT2D eigenvalue weighted by Crippen LogP contribution is 2.35. The smallest absolute Gasteiger partial charge is 0.407 e. The number of benzene rings is 1. The first kappa shape index (κ1) is 31.0. The van der Waals surface area contributed by atoms with Crippen molar-refractivity contribution >= 4 is 29.6 Å². The molecule has 11 nitrogen and oxygen atoms in total. The first-order chi connectivity index (χ1) is 20.7. The molecule has 4 aliphatic rings. The van der Waals surface area contributed by atoms with Crippen molar-refractivity contribution in [3.05, 3.63) is 35.4 Å². The molecule has 3 fully saturated rings. The summed E-state index contributed by atoms with van der Waals surface area (Å²) in [6.45, 7) is 5.90. The molecule has 0 spiro atoms. The van der Waals surface area contributed by atoms with E-state index in [0.717, 1.165) is 56.3 Å². The van der Waals surface area contributed by atoms with E-state index in [1.165, 1.54) is 4.90 Å². The van der Waals surface area contributed by atoms with Crippen LogP contribution in [0.2, 0.25) is 0 Å². The highest BCUT2D eigenvalue weighted by Gasteiger charge is 2.48. The molecule has 1 aromatic rings. The zero-order chi connectivity index (χ0) is 30.7. The second-order valence-corrected chi connectivity index (χ2v) is 12.7. The Morgan fingerprint density at radius 2 is 1.70 bits per heavy atom. The Bertz CT molecular complexity index is 1230. The predicted molar refractivity (Wildman–Crippen MR) is 159 cm³/mol. The van der Waals surface area contributed by atoms with Crippen LogP contribution in [0.3, 0.4) is 0 Å². The molecule has 3 N–H and O–H groups in total. The van der Waals surface area contributed by atoms with Gasteiger partial charge in [0, 0.05) is 25.2 Å². The maximum absolute atomic E-state index is 14.0. The number of fused-ring (bicyclic) bond motifs is 1. The second-order valence-electron chi connectivity index (χ2n) is 12.7. The molecule has 43 heavy (non-hydrogen) atoms. The van der Waals surface area contributed by atoms with Crippen LogP contribution in [0, 0.1) is 5.92 Å². The minimum absolute atomic E-state index is 0.0206. The number of nitrogens with zero attached hydrogens (tertiary/aromatic N) is 3. The number of hydrogen-bond acceptors (Lipinski definition) is 6. The molecular weight excluding hydrogens is 550 g/mol. The van der Waals surface area contributed by atoms with Crippen molar-refractivity contribution in [1.29, 1.82) is 0 Å². The maximum Gasteiger partial charge on any atom is 0.407 e. The van der Waals surface area contributed by atoms with Gasteiger partial charge in [0.25, 0.3) is 5.91 Å². The standard InChI is InChI=1S/C32H45N5O6/c1-3-9-25(28(38)30(40)33-24-12-13-24)34-29(39)27-17-23(19-36(27)31(41)20(2)35-14-7-4-8-15-35)26-16-21-10-5-6-11-22(21)18-37(26)32(42)43/h5-6,10-11,20,23-27H,3-4,7-9,12-19H2,1-2H3,(H,33,40)(H,34,39)(H,42,43)/t20?,23?,25?,26-,27+/m1/s1. The van der Waals surface area contributed by atoms with Gasteiger partial charge in [-0.15, -0.1) is 0 Å². The molecule has 1 aliphatic carbocycles. The van der Waals surface area contributed by atoms with Gasteiger partial charge in [-0.25, -0.2) is 4.79 Å². The lowest BCUT2D eigenvalue weighted by molar-refractivity contribution is -0.144. The molecule has 0 aromatic heterocycles. The molecule has 1 aromatic carbocycles. The van der Waals surface area contributed by atoms with Crippen molar-refractivity contribution in [2.24, 2.45) is 5.92 Å². The van der Waals surface area contributed by atoms with Crippen molar-refractivity contribution in [3.63, 3.8) is 0 Å². The van der Waals surface area contributed by atoms with Gasteiger partial charge in [-0.05, 0) is 82.0 Å². The number of carboxylic acid groups (broad SMARTS) is 1. The molecule has 4 amide bonds. The Balaban J connectivity index is 1.38. The van der Waals surface area contributed by atoms with Crippen molar-refractivity contribution < 1.29 is 29.1 Å². The summed E-state index contributed by atoms with van der Waals surface area (Å²) in [5, 5.41) is 15.7. The first-order valence-corrected chi connectivity index (χ1v) is 15.9. The van der Waals surface area contributed by atoms with Gasteiger partial charge in [-0.3, -0.25) is 24.1 Å². The Morgan fingerprint density at radius 3 is 2.35 bits per heavy atom. The number of piperidine rings is 1. The summed E-state index contributed by atoms with van der Waals surface area (Å²) < 4.78 is 0. The monoisotopic (exact) mass is 595 g/mol. The van der Waals surface area contributed by atoms with E-state index >= 15 is 0 Å². The number of amides is 4. The average Bonchev–Trinajstić information content (AvgIpc) is 3.72. The van der Waals surface area contributed by atoms with Crippen LogP contribution in [-0.4, -0.2) is 99.2 Å². The number of carbonyl (C=O) groups excluding carboxylic acids is 4. The van der Waals surface area contributed by atoms with Gasteiger partial charge in [0.1, 0.15) is 6.04 Å². The normalized spacial score (nSPS) is 25.4. The Hall–Kier alpha value is -3.47. The van der Waals surface area contributed by atoms with Crippen LogP contribution in [0.15, 0.2) is 24.3 Å². The fourth-order valence-corrected chi connectivity index (χ4v) is 6.99. The molecule has 5 atom stereocenters. The highest BCUT2D eigenvalue weighted by atomic mass is 16.4. The van der Waals surface area contributed by atoms with Crippen LogP contribution in [-0.2, 0) is 32.1 Å². The molecule has 3 unspecified atom stereocenters. The summed E-state index contributed by atoms with van der Waals surface area (Å²) in [5.74, 6) is -2.25. The average molecular weight is 596 g/mol. The summed E-state index contributed by atoms with van der Waals surface area (Å²) in [7, 11) is 0. The lowest BCUT2D eigenvalue weighted by Crippen LogP contribution is -2.56. The van der Waals surface area contributed by atoms with Crippen molar-refractivity contribution in [2.75, 3.05) is 19.6 Å². The van der Waals surface area contributed by atoms with Crippen molar-refractivity contribution in [3.8, 4) is 0 Å². The van der Waals surface area contributed by atoms with Gasteiger partial charge in [-0.1, -0.05) is 44.0 Å². The lowest BCUT2D eigenvalue weighted by atomic mass is 9.85. The van der Waals surface area contributed by atoms with Crippen LogP contribution in [0.5, 0.6) is 0 Å². The largest absolute Gasteiger partial charge is 0.465 e. The number of rotatable bonds is 10. The number of ketones is 1. The van der Waals surface area contributed by atoms with E-state index in [1.54, 1.807) is 4.90 Å². The third-order valence-corrected chi connectivity index (χ3v) is 9.64. The quantitative estimate of drug-likeness (QED) is 0.353. The van der Waals surface area contributed by atoms with Gasteiger partial charge in [0.2, 0.25) is 17.6 Å². The van der Waals surface area contributed by atoms with Crippen molar-refractivity contribution in [1.82, 2.24) is 25.3 Å². The molecule has 3 aliphatic heterocycles. The number of carbonyl (C=O) groups is 5. The van der Waals surface area contributed by atoms with E-state index < -0.39 is 47.9 Å². The zero-order valence-electron chi connectivity index (χ0n) is 25.3. The van der Waals surface area contributed by atoms with Gasteiger partial charge < -0.3 is 25.5 Å². The number of Topliss-reactive ketones (excluding diaryl/α,β-unsaturated/α-hetero) is 1. The SMILES string of the molecule is CCCC(NC(=O)[C@@H]1CC([C@H]2Cc3ccccc3CN2C(=O)O)CN1C(=O)C(C)N1CCCCC1)C(=O)C(=O)NC1CC1. The van der Waals surface area contributed by atoms with Crippen molar-refractivity contribution in [2.45, 2.75) is 108 Å². The van der Waals surface area contributed by atoms with Gasteiger partial charge in [0.05, 0.1) is 12.1 Å². The van der Waals surface area contributed by atoms with Crippen LogP contribution in [0.25, 0.3) is 0 Å². The Labute approximate surface area is 253 Å². The lowest BCUT2D eigenvalue weighted by Gasteiger charge is -2.38. The Morgan fingerprint density at radius 1 is 1.00 bits per heavy atom. The number of hydrogen-bond donors (Lipinski definition) is 3. The minimum atomic E-state index is -1.03. The molecule has 2 saturated heterocycles. The van der Waals surface area contributed by atoms with Crippen LogP contribution in [0.4, 0.5) is 4.79 Å². The molecular formula is C32H45N5O6. The topological polar surface area (TPSA) is 139 Å². The van der Waals surface area contributed by atoms with E-state index in [9.17, 15) is 29.1 Å². The second kappa shape index (κ2) is 13.4. The Kier molecular flexibility index (Phi) is 9.68. The van der Waals surface area contributed by atoms with E-state index in [-0.39, 0.29) is 37.4 Å².